The van der Waals surface area contributed by atoms with E-state index in [-0.39, 0.29) is 12.4 Å². The van der Waals surface area contributed by atoms with E-state index in [1.807, 2.05) is 0 Å². The van der Waals surface area contributed by atoms with Crippen LogP contribution in [0.1, 0.15) is 29.5 Å². The molecule has 1 aliphatic heterocycles. The molecule has 0 fully saturated rings. The molecule has 1 heterocycles. The molecule has 0 bridgehead atoms. The Balaban J connectivity index is 0.000000963. The first-order valence-electron chi connectivity index (χ1n) is 5.96. The van der Waals surface area contributed by atoms with Gasteiger partial charge in [0.1, 0.15) is 0 Å². The predicted molar refractivity (Wildman–Crippen MR) is 71.2 cm³/mol. The topological polar surface area (TPSA) is 12.0 Å². The van der Waals surface area contributed by atoms with Gasteiger partial charge in [0, 0.05) is 6.54 Å². The van der Waals surface area contributed by atoms with E-state index in [0.717, 1.165) is 13.1 Å². The van der Waals surface area contributed by atoms with Crippen LogP contribution in [0.4, 0.5) is 0 Å². The SMILES string of the molecule is C1=C(c2cccc3c2CCC3)CCNC1.Cl. The predicted octanol–water partition coefficient (Wildman–Crippen LogP) is 2.97. The van der Waals surface area contributed by atoms with Gasteiger partial charge < -0.3 is 5.32 Å². The molecule has 3 rings (SSSR count). The molecule has 1 N–H and O–H groups in total. The Kier molecular flexibility index (Phi) is 3.67. The summed E-state index contributed by atoms with van der Waals surface area (Å²) in [4.78, 5) is 0. The molecule has 0 atom stereocenters. The lowest BCUT2D eigenvalue weighted by Crippen LogP contribution is -2.20. The fourth-order valence-corrected chi connectivity index (χ4v) is 2.79. The van der Waals surface area contributed by atoms with Crippen LogP contribution in [0.15, 0.2) is 24.3 Å². The number of hydrogen-bond donors (Lipinski definition) is 1. The van der Waals surface area contributed by atoms with Crippen molar-refractivity contribution < 1.29 is 0 Å². The quantitative estimate of drug-likeness (QED) is 0.789. The molecule has 0 unspecified atom stereocenters. The van der Waals surface area contributed by atoms with E-state index < -0.39 is 0 Å². The number of fused-ring (bicyclic) bond motifs is 1. The van der Waals surface area contributed by atoms with E-state index in [1.165, 1.54) is 31.2 Å². The maximum atomic E-state index is 3.38. The zero-order valence-electron chi connectivity index (χ0n) is 9.46. The van der Waals surface area contributed by atoms with Gasteiger partial charge in [-0.05, 0) is 54.5 Å². The van der Waals surface area contributed by atoms with Crippen LogP contribution in [-0.2, 0) is 12.8 Å². The van der Waals surface area contributed by atoms with E-state index in [4.69, 9.17) is 0 Å². The van der Waals surface area contributed by atoms with Crippen LogP contribution < -0.4 is 5.32 Å². The summed E-state index contributed by atoms with van der Waals surface area (Å²) in [6.45, 7) is 2.18. The smallest absolute Gasteiger partial charge is 0.0140 e. The molecule has 0 saturated carbocycles. The highest BCUT2D eigenvalue weighted by molar-refractivity contribution is 5.85. The van der Waals surface area contributed by atoms with Gasteiger partial charge in [-0.2, -0.15) is 0 Å². The van der Waals surface area contributed by atoms with Crippen molar-refractivity contribution in [2.75, 3.05) is 13.1 Å². The average Bonchev–Trinajstić information content (AvgIpc) is 2.78. The molecule has 16 heavy (non-hydrogen) atoms. The molecule has 1 aliphatic carbocycles. The first kappa shape index (κ1) is 11.7. The largest absolute Gasteiger partial charge is 0.313 e. The fraction of sp³-hybridized carbons (Fsp3) is 0.429. The van der Waals surface area contributed by atoms with Crippen LogP contribution in [-0.4, -0.2) is 13.1 Å². The van der Waals surface area contributed by atoms with E-state index in [2.05, 4.69) is 29.6 Å². The summed E-state index contributed by atoms with van der Waals surface area (Å²) < 4.78 is 0. The van der Waals surface area contributed by atoms with Gasteiger partial charge in [-0.3, -0.25) is 0 Å². The molecule has 0 radical (unpaired) electrons. The van der Waals surface area contributed by atoms with Crippen molar-refractivity contribution in [1.82, 2.24) is 5.32 Å². The van der Waals surface area contributed by atoms with Gasteiger partial charge in [-0.25, -0.2) is 0 Å². The van der Waals surface area contributed by atoms with Crippen molar-refractivity contribution in [1.29, 1.82) is 0 Å². The van der Waals surface area contributed by atoms with E-state index in [1.54, 1.807) is 16.7 Å². The Bertz CT molecular complexity index is 409. The minimum atomic E-state index is 0. The standard InChI is InChI=1S/C14H17N.ClH/c1-3-11-4-2-6-14(13(11)5-1)12-7-9-15-10-8-12;/h2,4,6-7,15H,1,3,5,8-10H2;1H. The Morgan fingerprint density at radius 2 is 2.00 bits per heavy atom. The summed E-state index contributed by atoms with van der Waals surface area (Å²) in [5.74, 6) is 0. The highest BCUT2D eigenvalue weighted by atomic mass is 35.5. The lowest BCUT2D eigenvalue weighted by molar-refractivity contribution is 0.738. The van der Waals surface area contributed by atoms with E-state index >= 15 is 0 Å². The Morgan fingerprint density at radius 1 is 1.06 bits per heavy atom. The molecule has 0 aromatic heterocycles. The van der Waals surface area contributed by atoms with Crippen molar-refractivity contribution in [2.45, 2.75) is 25.7 Å². The Morgan fingerprint density at radius 3 is 2.81 bits per heavy atom. The van der Waals surface area contributed by atoms with Gasteiger partial charge in [0.2, 0.25) is 0 Å². The molecule has 0 amide bonds. The fourth-order valence-electron chi connectivity index (χ4n) is 2.79. The molecule has 1 nitrogen and oxygen atoms in total. The van der Waals surface area contributed by atoms with E-state index in [0.29, 0.717) is 0 Å². The molecule has 1 aromatic rings. The van der Waals surface area contributed by atoms with Gasteiger partial charge in [0.05, 0.1) is 0 Å². The van der Waals surface area contributed by atoms with Crippen LogP contribution in [0.3, 0.4) is 0 Å². The normalized spacial score (nSPS) is 18.6. The molecule has 0 saturated heterocycles. The van der Waals surface area contributed by atoms with E-state index in [9.17, 15) is 0 Å². The van der Waals surface area contributed by atoms with Crippen molar-refractivity contribution in [3.63, 3.8) is 0 Å². The van der Waals surface area contributed by atoms with Gasteiger partial charge >= 0.3 is 0 Å². The number of benzene rings is 1. The van der Waals surface area contributed by atoms with Crippen molar-refractivity contribution in [3.05, 3.63) is 41.0 Å². The lowest BCUT2D eigenvalue weighted by atomic mass is 9.93. The van der Waals surface area contributed by atoms with Crippen molar-refractivity contribution in [3.8, 4) is 0 Å². The summed E-state index contributed by atoms with van der Waals surface area (Å²) in [6.07, 6.45) is 7.47. The minimum Gasteiger partial charge on any atom is -0.313 e. The number of hydrogen-bond acceptors (Lipinski definition) is 1. The van der Waals surface area contributed by atoms with Crippen molar-refractivity contribution >= 4 is 18.0 Å². The maximum absolute atomic E-state index is 3.38. The Labute approximate surface area is 103 Å². The molecular weight excluding hydrogens is 218 g/mol. The maximum Gasteiger partial charge on any atom is 0.0140 e. The third-order valence-corrected chi connectivity index (χ3v) is 3.56. The van der Waals surface area contributed by atoms with Gasteiger partial charge in [0.15, 0.2) is 0 Å². The summed E-state index contributed by atoms with van der Waals surface area (Å²) in [5, 5.41) is 3.38. The monoisotopic (exact) mass is 235 g/mol. The van der Waals surface area contributed by atoms with Crippen molar-refractivity contribution in [2.24, 2.45) is 0 Å². The highest BCUT2D eigenvalue weighted by Crippen LogP contribution is 2.31. The second kappa shape index (κ2) is 5.03. The highest BCUT2D eigenvalue weighted by Gasteiger charge is 2.16. The molecule has 0 spiro atoms. The van der Waals surface area contributed by atoms with Gasteiger partial charge in [0.25, 0.3) is 0 Å². The summed E-state index contributed by atoms with van der Waals surface area (Å²) >= 11 is 0. The number of nitrogens with one attached hydrogen (secondary N) is 1. The average molecular weight is 236 g/mol. The second-order valence-electron chi connectivity index (χ2n) is 4.48. The van der Waals surface area contributed by atoms with Gasteiger partial charge in [-0.15, -0.1) is 12.4 Å². The van der Waals surface area contributed by atoms with Crippen LogP contribution in [0.5, 0.6) is 0 Å². The van der Waals surface area contributed by atoms with Crippen LogP contribution in [0.25, 0.3) is 5.57 Å². The third-order valence-electron chi connectivity index (χ3n) is 3.56. The number of halogens is 1. The van der Waals surface area contributed by atoms with Crippen LogP contribution in [0.2, 0.25) is 0 Å². The summed E-state index contributed by atoms with van der Waals surface area (Å²) in [6, 6.07) is 6.83. The third kappa shape index (κ3) is 2.02. The first-order valence-corrected chi connectivity index (χ1v) is 5.96. The minimum absolute atomic E-state index is 0. The lowest BCUT2D eigenvalue weighted by Gasteiger charge is -2.17. The molecular formula is C14H18ClN. The Hall–Kier alpha value is -0.790. The zero-order chi connectivity index (χ0) is 10.1. The molecule has 2 heteroatoms. The molecule has 86 valence electrons. The zero-order valence-corrected chi connectivity index (χ0v) is 10.3. The second-order valence-corrected chi connectivity index (χ2v) is 4.48. The number of aryl methyl sites for hydroxylation is 1. The van der Waals surface area contributed by atoms with Gasteiger partial charge in [-0.1, -0.05) is 24.3 Å². The number of rotatable bonds is 1. The first-order chi connectivity index (χ1) is 7.45. The van der Waals surface area contributed by atoms with Crippen LogP contribution in [0, 0.1) is 0 Å². The van der Waals surface area contributed by atoms with Crippen LogP contribution >= 0.6 is 12.4 Å². The molecule has 2 aliphatic rings. The summed E-state index contributed by atoms with van der Waals surface area (Å²) in [5.41, 5.74) is 6.32. The summed E-state index contributed by atoms with van der Waals surface area (Å²) in [7, 11) is 0. The molecule has 1 aromatic carbocycles.